The largest absolute Gasteiger partial charge is 0.461 e. The monoisotopic (exact) mass is 333 g/mol. The van der Waals surface area contributed by atoms with E-state index in [2.05, 4.69) is 39.9 Å². The first-order valence-corrected chi connectivity index (χ1v) is 10.8. The molecule has 0 spiro atoms. The molecule has 0 saturated carbocycles. The molecule has 0 aliphatic heterocycles. The highest BCUT2D eigenvalue weighted by atomic mass is 28.4. The summed E-state index contributed by atoms with van der Waals surface area (Å²) in [5.74, 6) is -0.326. The molecule has 0 unspecified atom stereocenters. The number of ether oxygens (including phenoxy) is 1. The van der Waals surface area contributed by atoms with Gasteiger partial charge in [-0.25, -0.2) is 0 Å². The van der Waals surface area contributed by atoms with E-state index in [0.717, 1.165) is 5.56 Å². The Morgan fingerprint density at radius 3 is 2.39 bits per heavy atom. The van der Waals surface area contributed by atoms with Crippen molar-refractivity contribution in [1.29, 1.82) is 5.26 Å². The summed E-state index contributed by atoms with van der Waals surface area (Å²) in [6, 6.07) is 11.7. The Kier molecular flexibility index (Phi) is 6.98. The Bertz CT molecular complexity index is 544. The Labute approximate surface area is 140 Å². The molecule has 0 radical (unpaired) electrons. The zero-order valence-corrected chi connectivity index (χ0v) is 15.8. The van der Waals surface area contributed by atoms with Crippen LogP contribution in [-0.2, 0) is 20.6 Å². The van der Waals surface area contributed by atoms with Gasteiger partial charge in [0.05, 0.1) is 25.0 Å². The highest BCUT2D eigenvalue weighted by Gasteiger charge is 2.39. The Hall–Kier alpha value is -1.64. The van der Waals surface area contributed by atoms with E-state index in [9.17, 15) is 4.79 Å². The molecule has 0 bridgehead atoms. The number of benzene rings is 1. The molecule has 1 aromatic rings. The molecule has 126 valence electrons. The first-order valence-electron chi connectivity index (χ1n) is 7.90. The number of carbonyl (C=O) groups is 1. The summed E-state index contributed by atoms with van der Waals surface area (Å²) < 4.78 is 11.5. The highest BCUT2D eigenvalue weighted by Crippen LogP contribution is 2.38. The van der Waals surface area contributed by atoms with Gasteiger partial charge in [0.15, 0.2) is 8.32 Å². The summed E-state index contributed by atoms with van der Waals surface area (Å²) >= 11 is 0. The van der Waals surface area contributed by atoms with Crippen LogP contribution in [0.25, 0.3) is 0 Å². The van der Waals surface area contributed by atoms with Crippen LogP contribution in [0.5, 0.6) is 0 Å². The molecule has 1 atom stereocenters. The topological polar surface area (TPSA) is 59.3 Å². The fourth-order valence-corrected chi connectivity index (χ4v) is 3.19. The van der Waals surface area contributed by atoms with Crippen molar-refractivity contribution in [2.45, 2.75) is 64.5 Å². The van der Waals surface area contributed by atoms with E-state index in [-0.39, 0.29) is 30.5 Å². The molecule has 0 N–H and O–H groups in total. The van der Waals surface area contributed by atoms with Gasteiger partial charge in [-0.1, -0.05) is 51.1 Å². The van der Waals surface area contributed by atoms with Crippen molar-refractivity contribution in [1.82, 2.24) is 0 Å². The number of nitrogens with zero attached hydrogens (tertiary/aromatic N) is 1. The summed E-state index contributed by atoms with van der Waals surface area (Å²) in [6.07, 6.45) is -0.0796. The van der Waals surface area contributed by atoms with Crippen LogP contribution >= 0.6 is 0 Å². The summed E-state index contributed by atoms with van der Waals surface area (Å²) in [6.45, 7) is 10.9. The van der Waals surface area contributed by atoms with Crippen LogP contribution in [-0.4, -0.2) is 20.4 Å². The minimum absolute atomic E-state index is 0.0364. The fraction of sp³-hybridized carbons (Fsp3) is 0.556. The second kappa shape index (κ2) is 8.28. The molecule has 1 rings (SSSR count). The number of rotatable bonds is 7. The van der Waals surface area contributed by atoms with Gasteiger partial charge in [-0.2, -0.15) is 5.26 Å². The second-order valence-electron chi connectivity index (χ2n) is 7.21. The number of hydrogen-bond donors (Lipinski definition) is 0. The third-order valence-corrected chi connectivity index (χ3v) is 8.76. The minimum Gasteiger partial charge on any atom is -0.461 e. The fourth-order valence-electron chi connectivity index (χ4n) is 1.83. The van der Waals surface area contributed by atoms with Crippen LogP contribution in [0.2, 0.25) is 18.1 Å². The summed E-state index contributed by atoms with van der Waals surface area (Å²) in [4.78, 5) is 12.0. The summed E-state index contributed by atoms with van der Waals surface area (Å²) in [7, 11) is -2.02. The average molecular weight is 334 g/mol. The van der Waals surface area contributed by atoms with E-state index in [4.69, 9.17) is 14.4 Å². The van der Waals surface area contributed by atoms with Crippen molar-refractivity contribution in [3.63, 3.8) is 0 Å². The summed E-state index contributed by atoms with van der Waals surface area (Å²) in [5, 5.41) is 9.03. The maximum atomic E-state index is 12.0. The van der Waals surface area contributed by atoms with Crippen molar-refractivity contribution >= 4 is 14.3 Å². The first kappa shape index (κ1) is 19.4. The van der Waals surface area contributed by atoms with E-state index >= 15 is 0 Å². The van der Waals surface area contributed by atoms with E-state index < -0.39 is 14.4 Å². The van der Waals surface area contributed by atoms with Crippen LogP contribution in [0.15, 0.2) is 30.3 Å². The molecule has 0 aliphatic rings. The Balaban J connectivity index is 2.58. The Morgan fingerprint density at radius 2 is 1.87 bits per heavy atom. The zero-order chi connectivity index (χ0) is 17.5. The van der Waals surface area contributed by atoms with Gasteiger partial charge in [0.25, 0.3) is 0 Å². The second-order valence-corrected chi connectivity index (χ2v) is 12.0. The van der Waals surface area contributed by atoms with Crippen LogP contribution < -0.4 is 0 Å². The van der Waals surface area contributed by atoms with Crippen molar-refractivity contribution < 1.29 is 14.0 Å². The molecule has 0 aliphatic carbocycles. The molecule has 0 amide bonds. The predicted octanol–water partition coefficient (Wildman–Crippen LogP) is 4.42. The smallest absolute Gasteiger partial charge is 0.308 e. The average Bonchev–Trinajstić information content (AvgIpc) is 2.45. The van der Waals surface area contributed by atoms with Crippen LogP contribution in [0.4, 0.5) is 0 Å². The minimum atomic E-state index is -2.02. The SMILES string of the molecule is CC(C)(C)[Si](C)(C)O[C@@H](CC#N)CC(=O)OCc1ccccc1. The van der Waals surface area contributed by atoms with Gasteiger partial charge in [0, 0.05) is 0 Å². The molecule has 0 aromatic heterocycles. The lowest BCUT2D eigenvalue weighted by atomic mass is 10.2. The third-order valence-electron chi connectivity index (χ3n) is 4.22. The lowest BCUT2D eigenvalue weighted by molar-refractivity contribution is -0.146. The van der Waals surface area contributed by atoms with Crippen molar-refractivity contribution in [3.8, 4) is 6.07 Å². The maximum absolute atomic E-state index is 12.0. The first-order chi connectivity index (χ1) is 10.7. The number of esters is 1. The van der Waals surface area contributed by atoms with E-state index in [1.54, 1.807) is 0 Å². The van der Waals surface area contributed by atoms with Gasteiger partial charge in [-0.05, 0) is 23.7 Å². The van der Waals surface area contributed by atoms with Gasteiger partial charge in [0.1, 0.15) is 6.61 Å². The lowest BCUT2D eigenvalue weighted by Gasteiger charge is -2.38. The standard InChI is InChI=1S/C18H27NO3Si/c1-18(2,3)23(4,5)22-16(11-12-19)13-17(20)21-14-15-9-7-6-8-10-15/h6-10,16H,11,13-14H2,1-5H3/t16-/m0/s1. The Morgan fingerprint density at radius 1 is 1.26 bits per heavy atom. The van der Waals surface area contributed by atoms with Gasteiger partial charge in [0.2, 0.25) is 0 Å². The lowest BCUT2D eigenvalue weighted by Crippen LogP contribution is -2.44. The quantitative estimate of drug-likeness (QED) is 0.547. The molecular formula is C18H27NO3Si. The van der Waals surface area contributed by atoms with E-state index in [0.29, 0.717) is 0 Å². The van der Waals surface area contributed by atoms with Crippen molar-refractivity contribution in [3.05, 3.63) is 35.9 Å². The van der Waals surface area contributed by atoms with Crippen molar-refractivity contribution in [2.24, 2.45) is 0 Å². The van der Waals surface area contributed by atoms with Crippen LogP contribution in [0, 0.1) is 11.3 Å². The maximum Gasteiger partial charge on any atom is 0.308 e. The van der Waals surface area contributed by atoms with Crippen molar-refractivity contribution in [2.75, 3.05) is 0 Å². The normalized spacial score (nSPS) is 13.2. The molecule has 23 heavy (non-hydrogen) atoms. The van der Waals surface area contributed by atoms with Crippen LogP contribution in [0.3, 0.4) is 0 Å². The molecule has 1 aromatic carbocycles. The van der Waals surface area contributed by atoms with E-state index in [1.165, 1.54) is 0 Å². The van der Waals surface area contributed by atoms with Gasteiger partial charge >= 0.3 is 5.97 Å². The van der Waals surface area contributed by atoms with Gasteiger partial charge in [-0.15, -0.1) is 0 Å². The predicted molar refractivity (Wildman–Crippen MR) is 93.2 cm³/mol. The molecule has 4 nitrogen and oxygen atoms in total. The molecular weight excluding hydrogens is 306 g/mol. The highest BCUT2D eigenvalue weighted by molar-refractivity contribution is 6.74. The molecule has 0 saturated heterocycles. The molecule has 0 fully saturated rings. The van der Waals surface area contributed by atoms with E-state index in [1.807, 2.05) is 30.3 Å². The molecule has 5 heteroatoms. The summed E-state index contributed by atoms with van der Waals surface area (Å²) in [5.41, 5.74) is 0.947. The number of carbonyl (C=O) groups excluding carboxylic acids is 1. The zero-order valence-electron chi connectivity index (χ0n) is 14.8. The number of hydrogen-bond acceptors (Lipinski definition) is 4. The van der Waals surface area contributed by atoms with Gasteiger partial charge < -0.3 is 9.16 Å². The van der Waals surface area contributed by atoms with Gasteiger partial charge in [-0.3, -0.25) is 4.79 Å². The number of nitriles is 1. The third kappa shape index (κ3) is 6.55. The molecule has 0 heterocycles. The van der Waals surface area contributed by atoms with Crippen LogP contribution in [0.1, 0.15) is 39.2 Å².